The van der Waals surface area contributed by atoms with Gasteiger partial charge in [-0.1, -0.05) is 23.7 Å². The summed E-state index contributed by atoms with van der Waals surface area (Å²) < 4.78 is 24.7. The van der Waals surface area contributed by atoms with Crippen molar-refractivity contribution in [2.75, 3.05) is 24.4 Å². The number of benzene rings is 3. The summed E-state index contributed by atoms with van der Waals surface area (Å²) in [6, 6.07) is 17.3. The van der Waals surface area contributed by atoms with Crippen LogP contribution < -0.4 is 20.1 Å². The molecule has 7 nitrogen and oxygen atoms in total. The van der Waals surface area contributed by atoms with E-state index in [2.05, 4.69) is 16.7 Å². The van der Waals surface area contributed by atoms with Gasteiger partial charge in [-0.2, -0.15) is 5.26 Å². The van der Waals surface area contributed by atoms with Crippen LogP contribution in [0.5, 0.6) is 11.5 Å². The van der Waals surface area contributed by atoms with Crippen molar-refractivity contribution in [3.63, 3.8) is 0 Å². The summed E-state index contributed by atoms with van der Waals surface area (Å²) in [5.41, 5.74) is 1.27. The average molecular weight is 468 g/mol. The van der Waals surface area contributed by atoms with Crippen LogP contribution >= 0.6 is 11.6 Å². The Bertz CT molecular complexity index is 1210. The van der Waals surface area contributed by atoms with Gasteiger partial charge in [-0.3, -0.25) is 9.59 Å². The highest BCUT2D eigenvalue weighted by atomic mass is 35.5. The summed E-state index contributed by atoms with van der Waals surface area (Å²) in [4.78, 5) is 24.8. The van der Waals surface area contributed by atoms with E-state index in [4.69, 9.17) is 26.3 Å². The molecule has 2 N–H and O–H groups in total. The molecule has 0 saturated carbocycles. The molecule has 3 rings (SSSR count). The third-order valence-corrected chi connectivity index (χ3v) is 4.72. The predicted octanol–water partition coefficient (Wildman–Crippen LogP) is 4.82. The maximum Gasteiger partial charge on any atom is 0.262 e. The topological polar surface area (TPSA) is 100 Å². The molecule has 0 spiro atoms. The molecule has 9 heteroatoms. The van der Waals surface area contributed by atoms with Gasteiger partial charge in [0.05, 0.1) is 30.9 Å². The summed E-state index contributed by atoms with van der Waals surface area (Å²) >= 11 is 5.73. The van der Waals surface area contributed by atoms with Gasteiger partial charge in [-0.05, 0) is 54.1 Å². The van der Waals surface area contributed by atoms with E-state index in [1.165, 1.54) is 25.3 Å². The molecule has 0 bridgehead atoms. The molecule has 0 aliphatic rings. The van der Waals surface area contributed by atoms with Gasteiger partial charge in [0, 0.05) is 10.7 Å². The molecule has 0 heterocycles. The van der Waals surface area contributed by atoms with Crippen molar-refractivity contribution >= 4 is 34.8 Å². The summed E-state index contributed by atoms with van der Waals surface area (Å²) in [6.07, 6.45) is 0.293. The second kappa shape index (κ2) is 11.0. The molecule has 0 fully saturated rings. The second-order valence-corrected chi connectivity index (χ2v) is 7.25. The molecule has 2 amide bonds. The Labute approximate surface area is 194 Å². The van der Waals surface area contributed by atoms with Crippen LogP contribution in [-0.2, 0) is 11.2 Å². The van der Waals surface area contributed by atoms with Crippen molar-refractivity contribution in [2.24, 2.45) is 0 Å². The van der Waals surface area contributed by atoms with E-state index in [1.54, 1.807) is 36.4 Å². The molecule has 0 radical (unpaired) electrons. The first-order valence-corrected chi connectivity index (χ1v) is 10.1. The number of halogens is 2. The Hall–Kier alpha value is -4.09. The molecule has 0 aromatic heterocycles. The second-order valence-electron chi connectivity index (χ2n) is 6.81. The molecule has 0 atom stereocenters. The number of methoxy groups -OCH3 is 1. The van der Waals surface area contributed by atoms with E-state index in [9.17, 15) is 14.0 Å². The highest BCUT2D eigenvalue weighted by Gasteiger charge is 2.15. The lowest BCUT2D eigenvalue weighted by Crippen LogP contribution is -2.20. The van der Waals surface area contributed by atoms with Crippen LogP contribution in [0.2, 0.25) is 5.02 Å². The lowest BCUT2D eigenvalue weighted by Gasteiger charge is -2.13. The Kier molecular flexibility index (Phi) is 7.84. The van der Waals surface area contributed by atoms with Gasteiger partial charge in [0.1, 0.15) is 17.3 Å². The highest BCUT2D eigenvalue weighted by molar-refractivity contribution is 6.30. The minimum Gasteiger partial charge on any atom is -0.495 e. The van der Waals surface area contributed by atoms with E-state index in [0.717, 1.165) is 11.6 Å². The van der Waals surface area contributed by atoms with Gasteiger partial charge in [0.25, 0.3) is 11.8 Å². The molecule has 0 saturated heterocycles. The van der Waals surface area contributed by atoms with Gasteiger partial charge < -0.3 is 20.1 Å². The number of carbonyl (C=O) groups is 2. The molecule has 0 unspecified atom stereocenters. The first-order valence-electron chi connectivity index (χ1n) is 9.72. The van der Waals surface area contributed by atoms with Crippen LogP contribution in [0.3, 0.4) is 0 Å². The average Bonchev–Trinajstić information content (AvgIpc) is 2.79. The highest BCUT2D eigenvalue weighted by Crippen LogP contribution is 2.29. The van der Waals surface area contributed by atoms with Crippen LogP contribution in [0.25, 0.3) is 0 Å². The van der Waals surface area contributed by atoms with Gasteiger partial charge in [-0.25, -0.2) is 4.39 Å². The van der Waals surface area contributed by atoms with E-state index < -0.39 is 17.6 Å². The number of amides is 2. The van der Waals surface area contributed by atoms with Crippen molar-refractivity contribution < 1.29 is 23.5 Å². The molecule has 0 aliphatic carbocycles. The third-order valence-electron chi connectivity index (χ3n) is 4.48. The standard InChI is InChI=1S/C24H19ClFN3O4/c1-32-22-9-5-17(13-21(22)29-24(31)19-8-4-16(25)12-20(19)26)28-23(30)14-33-18-6-2-15(3-7-18)10-11-27/h2-9,12-13H,10,14H2,1H3,(H,28,30)(H,29,31). The van der Waals surface area contributed by atoms with Gasteiger partial charge in [-0.15, -0.1) is 0 Å². The number of rotatable bonds is 8. The number of nitriles is 1. The summed E-state index contributed by atoms with van der Waals surface area (Å²) in [5.74, 6) is -1.08. The zero-order valence-electron chi connectivity index (χ0n) is 17.5. The van der Waals surface area contributed by atoms with E-state index in [-0.39, 0.29) is 22.9 Å². The number of hydrogen-bond acceptors (Lipinski definition) is 5. The van der Waals surface area contributed by atoms with E-state index in [0.29, 0.717) is 23.6 Å². The molecular formula is C24H19ClFN3O4. The molecule has 3 aromatic rings. The number of hydrogen-bond donors (Lipinski definition) is 2. The summed E-state index contributed by atoms with van der Waals surface area (Å²) in [7, 11) is 1.42. The minimum absolute atomic E-state index is 0.173. The van der Waals surface area contributed by atoms with Crippen LogP contribution in [0.15, 0.2) is 60.7 Å². The van der Waals surface area contributed by atoms with Crippen molar-refractivity contribution in [3.8, 4) is 17.6 Å². The Morgan fingerprint density at radius 3 is 2.48 bits per heavy atom. The van der Waals surface area contributed by atoms with Crippen molar-refractivity contribution in [3.05, 3.63) is 82.6 Å². The Morgan fingerprint density at radius 2 is 1.82 bits per heavy atom. The Morgan fingerprint density at radius 1 is 1.06 bits per heavy atom. The molecule has 3 aromatic carbocycles. The largest absolute Gasteiger partial charge is 0.495 e. The maximum absolute atomic E-state index is 14.1. The fourth-order valence-corrected chi connectivity index (χ4v) is 3.05. The van der Waals surface area contributed by atoms with E-state index >= 15 is 0 Å². The maximum atomic E-state index is 14.1. The first kappa shape index (κ1) is 23.6. The number of nitrogens with zero attached hydrogens (tertiary/aromatic N) is 1. The number of carbonyl (C=O) groups excluding carboxylic acids is 2. The summed E-state index contributed by atoms with van der Waals surface area (Å²) in [5, 5.41) is 14.1. The number of anilines is 2. The quantitative estimate of drug-likeness (QED) is 0.494. The third kappa shape index (κ3) is 6.45. The van der Waals surface area contributed by atoms with Crippen LogP contribution in [0.4, 0.5) is 15.8 Å². The van der Waals surface area contributed by atoms with Gasteiger partial charge in [0.15, 0.2) is 6.61 Å². The fraction of sp³-hybridized carbons (Fsp3) is 0.125. The minimum atomic E-state index is -0.763. The lowest BCUT2D eigenvalue weighted by molar-refractivity contribution is -0.118. The van der Waals surface area contributed by atoms with Crippen LogP contribution in [-0.4, -0.2) is 25.5 Å². The zero-order valence-corrected chi connectivity index (χ0v) is 18.3. The molecule has 33 heavy (non-hydrogen) atoms. The number of ether oxygens (including phenoxy) is 2. The molecular weight excluding hydrogens is 449 g/mol. The summed E-state index contributed by atoms with van der Waals surface area (Å²) in [6.45, 7) is -0.249. The lowest BCUT2D eigenvalue weighted by atomic mass is 10.2. The van der Waals surface area contributed by atoms with Crippen molar-refractivity contribution in [1.82, 2.24) is 0 Å². The number of nitrogens with one attached hydrogen (secondary N) is 2. The van der Waals surface area contributed by atoms with E-state index in [1.807, 2.05) is 0 Å². The van der Waals surface area contributed by atoms with Crippen LogP contribution in [0.1, 0.15) is 15.9 Å². The molecule has 0 aliphatic heterocycles. The first-order chi connectivity index (χ1) is 15.9. The van der Waals surface area contributed by atoms with Crippen LogP contribution in [0, 0.1) is 17.1 Å². The zero-order chi connectivity index (χ0) is 23.8. The fourth-order valence-electron chi connectivity index (χ4n) is 2.89. The van der Waals surface area contributed by atoms with Crippen molar-refractivity contribution in [1.29, 1.82) is 5.26 Å². The van der Waals surface area contributed by atoms with Crippen molar-refractivity contribution in [2.45, 2.75) is 6.42 Å². The normalized spacial score (nSPS) is 10.1. The monoisotopic (exact) mass is 467 g/mol. The van der Waals surface area contributed by atoms with Gasteiger partial charge >= 0.3 is 0 Å². The molecule has 168 valence electrons. The Balaban J connectivity index is 1.65. The van der Waals surface area contributed by atoms with Gasteiger partial charge in [0.2, 0.25) is 0 Å². The predicted molar refractivity (Wildman–Crippen MR) is 122 cm³/mol. The SMILES string of the molecule is COc1ccc(NC(=O)COc2ccc(CC#N)cc2)cc1NC(=O)c1ccc(Cl)cc1F. The smallest absolute Gasteiger partial charge is 0.262 e.